The van der Waals surface area contributed by atoms with Crippen LogP contribution in [0.5, 0.6) is 0 Å². The predicted molar refractivity (Wildman–Crippen MR) is 159 cm³/mol. The van der Waals surface area contributed by atoms with Crippen molar-refractivity contribution < 1.29 is 13.9 Å². The molecule has 0 bridgehead atoms. The van der Waals surface area contributed by atoms with Crippen LogP contribution in [-0.2, 0) is 33.7 Å². The van der Waals surface area contributed by atoms with Crippen LogP contribution in [0.15, 0.2) is 107 Å². The molecule has 40 heavy (non-hydrogen) atoms. The molecule has 1 atom stereocenters. The van der Waals surface area contributed by atoms with Crippen molar-refractivity contribution in [3.63, 3.8) is 0 Å². The fourth-order valence-corrected chi connectivity index (χ4v) is 10.2. The van der Waals surface area contributed by atoms with Crippen molar-refractivity contribution >= 4 is 18.7 Å². The molecule has 0 saturated heterocycles. The molecule has 208 valence electrons. The van der Waals surface area contributed by atoms with Crippen LogP contribution in [0.4, 0.5) is 0 Å². The van der Waals surface area contributed by atoms with Gasteiger partial charge in [0.2, 0.25) is 0 Å². The summed E-state index contributed by atoms with van der Waals surface area (Å²) < 4.78 is 21.4. The molecule has 0 aliphatic carbocycles. The van der Waals surface area contributed by atoms with E-state index in [2.05, 4.69) is 74.3 Å². The number of H-pyrrole nitrogens is 1. The number of nitrogens with one attached hydrogen (secondary N) is 1. The van der Waals surface area contributed by atoms with E-state index >= 15 is 0 Å². The van der Waals surface area contributed by atoms with Gasteiger partial charge in [0.1, 0.15) is 12.3 Å². The molecule has 1 aliphatic heterocycles. The van der Waals surface area contributed by atoms with Crippen LogP contribution in [0.3, 0.4) is 0 Å². The number of hydrogen-bond donors (Lipinski definition) is 1. The number of hydrogen-bond acceptors (Lipinski definition) is 5. The summed E-state index contributed by atoms with van der Waals surface area (Å²) in [7, 11) is -2.87. The van der Waals surface area contributed by atoms with Crippen LogP contribution in [0.25, 0.3) is 0 Å². The minimum Gasteiger partial charge on any atom is -0.404 e. The number of aromatic amines is 1. The molecule has 1 N–H and O–H groups in total. The Kier molecular flexibility index (Phi) is 8.05. The highest BCUT2D eigenvalue weighted by Crippen LogP contribution is 2.38. The van der Waals surface area contributed by atoms with Crippen LogP contribution in [0.2, 0.25) is 5.04 Å². The largest absolute Gasteiger partial charge is 0.404 e. The molecule has 4 aromatic rings. The van der Waals surface area contributed by atoms with Crippen molar-refractivity contribution in [1.29, 1.82) is 0 Å². The maximum atomic E-state index is 12.5. The highest BCUT2D eigenvalue weighted by atomic mass is 28.4. The summed E-state index contributed by atoms with van der Waals surface area (Å²) in [4.78, 5) is 27.0. The van der Waals surface area contributed by atoms with Crippen molar-refractivity contribution in [3.05, 3.63) is 129 Å². The zero-order valence-corrected chi connectivity index (χ0v) is 24.3. The van der Waals surface area contributed by atoms with E-state index in [0.29, 0.717) is 18.7 Å². The lowest BCUT2D eigenvalue weighted by Crippen LogP contribution is -2.68. The second-order valence-corrected chi connectivity index (χ2v) is 15.7. The van der Waals surface area contributed by atoms with E-state index in [1.165, 1.54) is 10.6 Å². The molecule has 8 heteroatoms. The first-order chi connectivity index (χ1) is 19.2. The lowest BCUT2D eigenvalue weighted by atomic mass is 9.97. The van der Waals surface area contributed by atoms with Gasteiger partial charge in [0, 0.05) is 18.2 Å². The van der Waals surface area contributed by atoms with E-state index in [0.717, 1.165) is 15.9 Å². The molecule has 3 aromatic carbocycles. The summed E-state index contributed by atoms with van der Waals surface area (Å²) in [6.07, 6.45) is 0.305. The van der Waals surface area contributed by atoms with Crippen molar-refractivity contribution in [2.45, 2.75) is 51.2 Å². The maximum Gasteiger partial charge on any atom is 0.330 e. The maximum absolute atomic E-state index is 12.5. The van der Waals surface area contributed by atoms with Gasteiger partial charge in [0.15, 0.2) is 0 Å². The first kappa shape index (κ1) is 28.0. The summed E-state index contributed by atoms with van der Waals surface area (Å²) in [6, 6.07) is 32.3. The van der Waals surface area contributed by atoms with Crippen LogP contribution < -0.4 is 21.6 Å². The number of fused-ring (bicyclic) bond motifs is 1. The summed E-state index contributed by atoms with van der Waals surface area (Å²) in [5.74, 6) is 0. The van der Waals surface area contributed by atoms with Gasteiger partial charge in [-0.1, -0.05) is 112 Å². The van der Waals surface area contributed by atoms with Gasteiger partial charge in [0.05, 0.1) is 19.8 Å². The van der Waals surface area contributed by atoms with Crippen molar-refractivity contribution in [1.82, 2.24) is 9.55 Å². The average Bonchev–Trinajstić information content (AvgIpc) is 2.94. The quantitative estimate of drug-likeness (QED) is 0.319. The molecule has 0 spiro atoms. The Bertz CT molecular complexity index is 1490. The smallest absolute Gasteiger partial charge is 0.330 e. The minimum atomic E-state index is -2.87. The lowest BCUT2D eigenvalue weighted by Gasteiger charge is -2.46. The molecule has 1 aliphatic rings. The van der Waals surface area contributed by atoms with Gasteiger partial charge in [0.25, 0.3) is 13.9 Å². The Labute approximate surface area is 235 Å². The summed E-state index contributed by atoms with van der Waals surface area (Å²) in [5.41, 5.74) is -0.148. The minimum absolute atomic E-state index is 0.00372. The van der Waals surface area contributed by atoms with E-state index in [4.69, 9.17) is 13.9 Å². The molecular weight excluding hydrogens is 520 g/mol. The van der Waals surface area contributed by atoms with E-state index in [1.807, 2.05) is 42.5 Å². The first-order valence-corrected chi connectivity index (χ1v) is 15.5. The van der Waals surface area contributed by atoms with Gasteiger partial charge in [-0.25, -0.2) is 4.79 Å². The molecule has 1 aromatic heterocycles. The topological polar surface area (TPSA) is 82.5 Å². The van der Waals surface area contributed by atoms with Gasteiger partial charge in [-0.15, -0.1) is 0 Å². The second kappa shape index (κ2) is 11.5. The number of rotatable bonds is 9. The van der Waals surface area contributed by atoms with Gasteiger partial charge in [-0.2, -0.15) is 0 Å². The van der Waals surface area contributed by atoms with Gasteiger partial charge < -0.3 is 13.9 Å². The summed E-state index contributed by atoms with van der Waals surface area (Å²) in [6.45, 7) is 7.57. The first-order valence-electron chi connectivity index (χ1n) is 13.6. The van der Waals surface area contributed by atoms with Crippen LogP contribution in [0.1, 0.15) is 32.0 Å². The van der Waals surface area contributed by atoms with Crippen molar-refractivity contribution in [2.75, 3.05) is 13.2 Å². The molecule has 7 nitrogen and oxygen atoms in total. The fourth-order valence-electron chi connectivity index (χ4n) is 5.60. The molecule has 0 saturated carbocycles. The van der Waals surface area contributed by atoms with E-state index < -0.39 is 25.2 Å². The van der Waals surface area contributed by atoms with Crippen LogP contribution in [0, 0.1) is 0 Å². The van der Waals surface area contributed by atoms with Gasteiger partial charge in [-0.05, 0) is 21.0 Å². The SMILES string of the molecule is CC(C)(C)[Si](OCC1(COCc2ccccc2)Cc2cc(=O)[nH]c(=O)n2CO1)(c1ccccc1)c1ccccc1. The second-order valence-electron chi connectivity index (χ2n) is 11.4. The van der Waals surface area contributed by atoms with Crippen LogP contribution >= 0.6 is 0 Å². The number of nitrogens with zero attached hydrogens (tertiary/aromatic N) is 1. The Morgan fingerprint density at radius 3 is 2.02 bits per heavy atom. The Morgan fingerprint density at radius 2 is 1.45 bits per heavy atom. The Hall–Kier alpha value is -3.56. The van der Waals surface area contributed by atoms with E-state index in [9.17, 15) is 9.59 Å². The highest BCUT2D eigenvalue weighted by Gasteiger charge is 2.52. The van der Waals surface area contributed by atoms with E-state index in [1.54, 1.807) is 0 Å². The third kappa shape index (κ3) is 5.67. The summed E-state index contributed by atoms with van der Waals surface area (Å²) in [5, 5.41) is 2.11. The molecular formula is C32H36N2O5Si. The highest BCUT2D eigenvalue weighted by molar-refractivity contribution is 6.99. The van der Waals surface area contributed by atoms with Gasteiger partial charge >= 0.3 is 5.69 Å². The fraction of sp³-hybridized carbons (Fsp3) is 0.312. The molecule has 2 heterocycles. The lowest BCUT2D eigenvalue weighted by molar-refractivity contribution is -0.159. The average molecular weight is 557 g/mol. The molecule has 0 amide bonds. The molecule has 1 unspecified atom stereocenters. The monoisotopic (exact) mass is 556 g/mol. The third-order valence-electron chi connectivity index (χ3n) is 7.57. The molecule has 5 rings (SSSR count). The van der Waals surface area contributed by atoms with E-state index in [-0.39, 0.29) is 25.0 Å². The Morgan fingerprint density at radius 1 is 0.875 bits per heavy atom. The Balaban J connectivity index is 1.53. The number of ether oxygens (including phenoxy) is 2. The predicted octanol–water partition coefficient (Wildman–Crippen LogP) is 3.60. The molecule has 0 radical (unpaired) electrons. The number of benzene rings is 3. The normalized spacial score (nSPS) is 17.4. The zero-order chi connectivity index (χ0) is 28.2. The summed E-state index contributed by atoms with van der Waals surface area (Å²) >= 11 is 0. The third-order valence-corrected chi connectivity index (χ3v) is 12.6. The van der Waals surface area contributed by atoms with Gasteiger partial charge in [-0.3, -0.25) is 14.3 Å². The number of aromatic nitrogens is 2. The zero-order valence-electron chi connectivity index (χ0n) is 23.3. The van der Waals surface area contributed by atoms with Crippen molar-refractivity contribution in [3.8, 4) is 0 Å². The standard InChI is InChI=1S/C32H36N2O5Si/c1-31(2,3)40(27-15-9-5-10-16-27,28-17-11-6-12-18-28)39-23-32(22-37-21-25-13-7-4-8-14-25)20-26-19-29(35)33-30(36)34(26)24-38-32/h4-19H,20-24H2,1-3H3,(H,33,35,36). The molecule has 0 fully saturated rings. The van der Waals surface area contributed by atoms with Crippen molar-refractivity contribution in [2.24, 2.45) is 0 Å². The van der Waals surface area contributed by atoms with Crippen LogP contribution in [-0.4, -0.2) is 36.7 Å².